The van der Waals surface area contributed by atoms with E-state index in [0.717, 1.165) is 11.3 Å². The second kappa shape index (κ2) is 6.81. The van der Waals surface area contributed by atoms with Crippen molar-refractivity contribution in [2.24, 2.45) is 0 Å². The number of hydrogen-bond acceptors (Lipinski definition) is 2. The highest BCUT2D eigenvalue weighted by Crippen LogP contribution is 2.25. The van der Waals surface area contributed by atoms with Gasteiger partial charge in [-0.2, -0.15) is 0 Å². The SMILES string of the molecule is O=C(Nc1ccc(Cl)cc1)N1CCOCC1c1ccccc1. The number of benzene rings is 2. The van der Waals surface area contributed by atoms with E-state index in [4.69, 9.17) is 16.3 Å². The van der Waals surface area contributed by atoms with Crippen molar-refractivity contribution in [2.75, 3.05) is 25.1 Å². The fourth-order valence-corrected chi connectivity index (χ4v) is 2.65. The Morgan fingerprint density at radius 2 is 1.86 bits per heavy atom. The quantitative estimate of drug-likeness (QED) is 0.911. The maximum absolute atomic E-state index is 12.6. The molecule has 1 N–H and O–H groups in total. The lowest BCUT2D eigenvalue weighted by atomic mass is 10.1. The van der Waals surface area contributed by atoms with Crippen LogP contribution in [0.25, 0.3) is 0 Å². The van der Waals surface area contributed by atoms with Gasteiger partial charge in [0, 0.05) is 17.3 Å². The van der Waals surface area contributed by atoms with Gasteiger partial charge in [-0.1, -0.05) is 41.9 Å². The second-order valence-corrected chi connectivity index (χ2v) is 5.57. The number of rotatable bonds is 2. The van der Waals surface area contributed by atoms with Gasteiger partial charge in [0.25, 0.3) is 0 Å². The molecule has 4 nitrogen and oxygen atoms in total. The molecule has 0 spiro atoms. The Labute approximate surface area is 134 Å². The van der Waals surface area contributed by atoms with E-state index in [9.17, 15) is 4.79 Å². The largest absolute Gasteiger partial charge is 0.377 e. The summed E-state index contributed by atoms with van der Waals surface area (Å²) >= 11 is 5.86. The molecule has 2 aromatic rings. The van der Waals surface area contributed by atoms with Crippen LogP contribution in [0.4, 0.5) is 10.5 Å². The number of urea groups is 1. The molecule has 0 aromatic heterocycles. The van der Waals surface area contributed by atoms with Crippen LogP contribution in [0.15, 0.2) is 54.6 Å². The van der Waals surface area contributed by atoms with Crippen LogP contribution < -0.4 is 5.32 Å². The first kappa shape index (κ1) is 14.9. The van der Waals surface area contributed by atoms with E-state index >= 15 is 0 Å². The summed E-state index contributed by atoms with van der Waals surface area (Å²) in [5.74, 6) is 0. The minimum Gasteiger partial charge on any atom is -0.377 e. The van der Waals surface area contributed by atoms with Gasteiger partial charge in [0.1, 0.15) is 0 Å². The van der Waals surface area contributed by atoms with E-state index in [1.54, 1.807) is 24.3 Å². The Kier molecular flexibility index (Phi) is 4.61. The third-order valence-corrected chi connectivity index (χ3v) is 3.92. The number of hydrogen-bond donors (Lipinski definition) is 1. The molecule has 2 amide bonds. The molecule has 22 heavy (non-hydrogen) atoms. The summed E-state index contributed by atoms with van der Waals surface area (Å²) in [6.45, 7) is 1.63. The first-order valence-corrected chi connectivity index (χ1v) is 7.58. The first-order chi connectivity index (χ1) is 10.7. The van der Waals surface area contributed by atoms with Crippen LogP contribution in [0.5, 0.6) is 0 Å². The molecule has 1 fully saturated rings. The summed E-state index contributed by atoms with van der Waals surface area (Å²) in [7, 11) is 0. The molecule has 114 valence electrons. The highest BCUT2D eigenvalue weighted by molar-refractivity contribution is 6.30. The van der Waals surface area contributed by atoms with E-state index in [1.165, 1.54) is 0 Å². The summed E-state index contributed by atoms with van der Waals surface area (Å²) < 4.78 is 5.54. The highest BCUT2D eigenvalue weighted by atomic mass is 35.5. The number of halogens is 1. The minimum absolute atomic E-state index is 0.0674. The van der Waals surface area contributed by atoms with Gasteiger partial charge < -0.3 is 15.0 Å². The van der Waals surface area contributed by atoms with E-state index in [0.29, 0.717) is 24.8 Å². The smallest absolute Gasteiger partial charge is 0.322 e. The van der Waals surface area contributed by atoms with Crippen molar-refractivity contribution in [1.29, 1.82) is 0 Å². The van der Waals surface area contributed by atoms with Crippen LogP contribution >= 0.6 is 11.6 Å². The molecule has 1 heterocycles. The number of morpholine rings is 1. The molecule has 1 saturated heterocycles. The van der Waals surface area contributed by atoms with Gasteiger partial charge in [0.05, 0.1) is 19.3 Å². The van der Waals surface area contributed by atoms with Crippen molar-refractivity contribution >= 4 is 23.3 Å². The Bertz CT molecular complexity index is 631. The van der Waals surface area contributed by atoms with Gasteiger partial charge in [-0.3, -0.25) is 0 Å². The van der Waals surface area contributed by atoms with Crippen LogP contribution in [0.1, 0.15) is 11.6 Å². The van der Waals surface area contributed by atoms with Gasteiger partial charge >= 0.3 is 6.03 Å². The zero-order chi connectivity index (χ0) is 15.4. The standard InChI is InChI=1S/C17H17ClN2O2/c18-14-6-8-15(9-7-14)19-17(21)20-10-11-22-12-16(20)13-4-2-1-3-5-13/h1-9,16H,10-12H2,(H,19,21). The number of carbonyl (C=O) groups excluding carboxylic acids is 1. The summed E-state index contributed by atoms with van der Waals surface area (Å²) in [6.07, 6.45) is 0. The Morgan fingerprint density at radius 1 is 1.14 bits per heavy atom. The molecule has 0 aliphatic carbocycles. The topological polar surface area (TPSA) is 41.6 Å². The predicted octanol–water partition coefficient (Wildman–Crippen LogP) is 3.95. The molecular formula is C17H17ClN2O2. The number of anilines is 1. The van der Waals surface area contributed by atoms with E-state index < -0.39 is 0 Å². The van der Waals surface area contributed by atoms with Crippen LogP contribution in [0.2, 0.25) is 5.02 Å². The molecule has 0 bridgehead atoms. The average molecular weight is 317 g/mol. The summed E-state index contributed by atoms with van der Waals surface area (Å²) in [6, 6.07) is 16.8. The highest BCUT2D eigenvalue weighted by Gasteiger charge is 2.28. The van der Waals surface area contributed by atoms with E-state index in [1.807, 2.05) is 35.2 Å². The normalized spacial score (nSPS) is 18.0. The van der Waals surface area contributed by atoms with Gasteiger partial charge in [-0.15, -0.1) is 0 Å². The lowest BCUT2D eigenvalue weighted by molar-refractivity contribution is 0.0148. The van der Waals surface area contributed by atoms with Gasteiger partial charge in [0.2, 0.25) is 0 Å². The monoisotopic (exact) mass is 316 g/mol. The number of carbonyl (C=O) groups is 1. The number of amides is 2. The van der Waals surface area contributed by atoms with Crippen molar-refractivity contribution in [3.63, 3.8) is 0 Å². The molecular weight excluding hydrogens is 300 g/mol. The predicted molar refractivity (Wildman–Crippen MR) is 87.2 cm³/mol. The zero-order valence-electron chi connectivity index (χ0n) is 12.0. The van der Waals surface area contributed by atoms with E-state index in [-0.39, 0.29) is 12.1 Å². The summed E-state index contributed by atoms with van der Waals surface area (Å²) in [4.78, 5) is 14.4. The fraction of sp³-hybridized carbons (Fsp3) is 0.235. The summed E-state index contributed by atoms with van der Waals surface area (Å²) in [5, 5.41) is 3.56. The van der Waals surface area contributed by atoms with Crippen LogP contribution in [-0.4, -0.2) is 30.7 Å². The fourth-order valence-electron chi connectivity index (χ4n) is 2.53. The molecule has 1 aliphatic heterocycles. The third-order valence-electron chi connectivity index (χ3n) is 3.67. The van der Waals surface area contributed by atoms with Crippen molar-refractivity contribution in [3.8, 4) is 0 Å². The molecule has 1 unspecified atom stereocenters. The van der Waals surface area contributed by atoms with Gasteiger partial charge in [-0.25, -0.2) is 4.79 Å². The third kappa shape index (κ3) is 3.40. The second-order valence-electron chi connectivity index (χ2n) is 5.13. The number of nitrogens with zero attached hydrogens (tertiary/aromatic N) is 1. The molecule has 1 aliphatic rings. The maximum Gasteiger partial charge on any atom is 0.322 e. The first-order valence-electron chi connectivity index (χ1n) is 7.20. The number of nitrogens with one attached hydrogen (secondary N) is 1. The Balaban J connectivity index is 1.75. The molecule has 0 saturated carbocycles. The van der Waals surface area contributed by atoms with Crippen molar-refractivity contribution < 1.29 is 9.53 Å². The molecule has 0 radical (unpaired) electrons. The van der Waals surface area contributed by atoms with Crippen LogP contribution in [0.3, 0.4) is 0 Å². The van der Waals surface area contributed by atoms with Crippen molar-refractivity contribution in [1.82, 2.24) is 4.90 Å². The molecule has 1 atom stereocenters. The maximum atomic E-state index is 12.6. The lowest BCUT2D eigenvalue weighted by Gasteiger charge is -2.35. The number of ether oxygens (including phenoxy) is 1. The molecule has 5 heteroatoms. The minimum atomic E-state index is -0.125. The van der Waals surface area contributed by atoms with Gasteiger partial charge in [-0.05, 0) is 29.8 Å². The Hall–Kier alpha value is -2.04. The van der Waals surface area contributed by atoms with Crippen LogP contribution in [0, 0.1) is 0 Å². The van der Waals surface area contributed by atoms with Crippen molar-refractivity contribution in [3.05, 3.63) is 65.2 Å². The zero-order valence-corrected chi connectivity index (χ0v) is 12.8. The summed E-state index contributed by atoms with van der Waals surface area (Å²) in [5.41, 5.74) is 1.81. The lowest BCUT2D eigenvalue weighted by Crippen LogP contribution is -2.45. The molecule has 3 rings (SSSR count). The van der Waals surface area contributed by atoms with Crippen LogP contribution in [-0.2, 0) is 4.74 Å². The van der Waals surface area contributed by atoms with Gasteiger partial charge in [0.15, 0.2) is 0 Å². The van der Waals surface area contributed by atoms with Crippen molar-refractivity contribution in [2.45, 2.75) is 6.04 Å². The molecule has 2 aromatic carbocycles. The Morgan fingerprint density at radius 3 is 2.59 bits per heavy atom. The average Bonchev–Trinajstić information content (AvgIpc) is 2.58. The van der Waals surface area contributed by atoms with E-state index in [2.05, 4.69) is 5.32 Å².